The molecule has 0 bridgehead atoms. The topological polar surface area (TPSA) is 40.7 Å². The highest BCUT2D eigenvalue weighted by Gasteiger charge is 2.13. The van der Waals surface area contributed by atoms with Crippen LogP contribution >= 0.6 is 15.9 Å². The van der Waals surface area contributed by atoms with E-state index in [-0.39, 0.29) is 10.2 Å². The summed E-state index contributed by atoms with van der Waals surface area (Å²) in [4.78, 5) is 7.22. The van der Waals surface area contributed by atoms with Crippen molar-refractivity contribution >= 4 is 38.6 Å². The second-order valence-corrected chi connectivity index (χ2v) is 4.80. The van der Waals surface area contributed by atoms with Crippen LogP contribution < -0.4 is 5.32 Å². The first-order valence-electron chi connectivity index (χ1n) is 5.50. The second-order valence-electron chi connectivity index (χ2n) is 3.95. The number of H-pyrrole nitrogens is 1. The molecule has 2 aromatic carbocycles. The van der Waals surface area contributed by atoms with Crippen molar-refractivity contribution in [3.63, 3.8) is 0 Å². The van der Waals surface area contributed by atoms with Gasteiger partial charge in [-0.2, -0.15) is 0 Å². The van der Waals surface area contributed by atoms with Crippen LogP contribution in [0, 0.1) is 11.6 Å². The monoisotopic (exact) mass is 323 g/mol. The highest BCUT2D eigenvalue weighted by molar-refractivity contribution is 9.10. The molecule has 2 N–H and O–H groups in total. The zero-order valence-corrected chi connectivity index (χ0v) is 11.1. The smallest absolute Gasteiger partial charge is 0.205 e. The number of nitrogens with zero attached hydrogens (tertiary/aromatic N) is 1. The number of nitrogens with one attached hydrogen (secondary N) is 2. The number of benzene rings is 2. The second kappa shape index (κ2) is 4.62. The van der Waals surface area contributed by atoms with Crippen molar-refractivity contribution in [1.29, 1.82) is 0 Å². The molecule has 0 unspecified atom stereocenters. The van der Waals surface area contributed by atoms with Gasteiger partial charge in [-0.15, -0.1) is 0 Å². The first-order chi connectivity index (χ1) is 9.15. The van der Waals surface area contributed by atoms with Gasteiger partial charge in [-0.1, -0.05) is 12.1 Å². The van der Waals surface area contributed by atoms with E-state index in [4.69, 9.17) is 0 Å². The van der Waals surface area contributed by atoms with E-state index in [1.165, 1.54) is 12.1 Å². The number of hydrogen-bond donors (Lipinski definition) is 2. The molecule has 96 valence electrons. The normalized spacial score (nSPS) is 10.9. The minimum atomic E-state index is -0.949. The van der Waals surface area contributed by atoms with Crippen molar-refractivity contribution in [2.24, 2.45) is 0 Å². The van der Waals surface area contributed by atoms with E-state index < -0.39 is 11.6 Å². The molecule has 0 saturated heterocycles. The van der Waals surface area contributed by atoms with Crippen molar-refractivity contribution in [2.45, 2.75) is 0 Å². The number of fused-ring (bicyclic) bond motifs is 1. The molecule has 19 heavy (non-hydrogen) atoms. The predicted octanol–water partition coefficient (Wildman–Crippen LogP) is 4.35. The molecular formula is C13H8BrF2N3. The van der Waals surface area contributed by atoms with E-state index in [0.29, 0.717) is 5.95 Å². The number of rotatable bonds is 2. The van der Waals surface area contributed by atoms with Gasteiger partial charge in [-0.3, -0.25) is 0 Å². The van der Waals surface area contributed by atoms with Gasteiger partial charge in [0.2, 0.25) is 5.95 Å². The van der Waals surface area contributed by atoms with Crippen LogP contribution in [0.1, 0.15) is 0 Å². The standard InChI is InChI=1S/C13H8BrF2N3/c14-7-5-6-10(12(16)11(7)15)19-13-17-8-3-1-2-4-9(8)18-13/h1-6H,(H2,17,18,19). The molecule has 0 amide bonds. The van der Waals surface area contributed by atoms with Gasteiger partial charge in [0.25, 0.3) is 0 Å². The average molecular weight is 324 g/mol. The first-order valence-corrected chi connectivity index (χ1v) is 6.30. The Morgan fingerprint density at radius 3 is 2.63 bits per heavy atom. The summed E-state index contributed by atoms with van der Waals surface area (Å²) >= 11 is 2.93. The van der Waals surface area contributed by atoms with Crippen molar-refractivity contribution in [3.8, 4) is 0 Å². The Morgan fingerprint density at radius 1 is 1.05 bits per heavy atom. The van der Waals surface area contributed by atoms with Crippen LogP contribution in [0.4, 0.5) is 20.4 Å². The molecule has 0 saturated carbocycles. The number of imidazole rings is 1. The summed E-state index contributed by atoms with van der Waals surface area (Å²) < 4.78 is 27.2. The highest BCUT2D eigenvalue weighted by Crippen LogP contribution is 2.26. The van der Waals surface area contributed by atoms with Crippen molar-refractivity contribution in [2.75, 3.05) is 5.32 Å². The van der Waals surface area contributed by atoms with E-state index in [1.807, 2.05) is 24.3 Å². The van der Waals surface area contributed by atoms with E-state index in [9.17, 15) is 8.78 Å². The molecule has 1 aromatic heterocycles. The van der Waals surface area contributed by atoms with Crippen molar-refractivity contribution in [1.82, 2.24) is 9.97 Å². The molecule has 3 aromatic rings. The van der Waals surface area contributed by atoms with Crippen molar-refractivity contribution in [3.05, 3.63) is 52.5 Å². The van der Waals surface area contributed by atoms with Crippen LogP contribution in [0.5, 0.6) is 0 Å². The summed E-state index contributed by atoms with van der Waals surface area (Å²) in [7, 11) is 0. The zero-order valence-electron chi connectivity index (χ0n) is 9.55. The number of aromatic nitrogens is 2. The van der Waals surface area contributed by atoms with Crippen molar-refractivity contribution < 1.29 is 8.78 Å². The maximum atomic E-state index is 13.7. The summed E-state index contributed by atoms with van der Waals surface area (Å²) in [6.07, 6.45) is 0. The van der Waals surface area contributed by atoms with E-state index in [2.05, 4.69) is 31.2 Å². The largest absolute Gasteiger partial charge is 0.324 e. The lowest BCUT2D eigenvalue weighted by molar-refractivity contribution is 0.507. The molecule has 0 fully saturated rings. The number of halogens is 3. The molecule has 3 nitrogen and oxygen atoms in total. The number of aromatic amines is 1. The van der Waals surface area contributed by atoms with Gasteiger partial charge < -0.3 is 10.3 Å². The lowest BCUT2D eigenvalue weighted by atomic mass is 10.3. The molecule has 0 aliphatic heterocycles. The van der Waals surface area contributed by atoms with Crippen LogP contribution in [0.3, 0.4) is 0 Å². The predicted molar refractivity (Wildman–Crippen MR) is 73.4 cm³/mol. The Hall–Kier alpha value is -1.95. The maximum Gasteiger partial charge on any atom is 0.205 e. The van der Waals surface area contributed by atoms with Crippen LogP contribution in [-0.2, 0) is 0 Å². The van der Waals surface area contributed by atoms with Crippen LogP contribution in [0.15, 0.2) is 40.9 Å². The maximum absolute atomic E-state index is 13.7. The van der Waals surface area contributed by atoms with E-state index >= 15 is 0 Å². The third-order valence-electron chi connectivity index (χ3n) is 2.68. The zero-order chi connectivity index (χ0) is 13.4. The molecule has 3 rings (SSSR count). The Balaban J connectivity index is 1.99. The van der Waals surface area contributed by atoms with E-state index in [0.717, 1.165) is 11.0 Å². The lowest BCUT2D eigenvalue weighted by Crippen LogP contribution is -1.98. The fraction of sp³-hybridized carbons (Fsp3) is 0. The summed E-state index contributed by atoms with van der Waals surface area (Å²) in [6.45, 7) is 0. The SMILES string of the molecule is Fc1c(Br)ccc(Nc2nc3ccccc3[nH]2)c1F. The van der Waals surface area contributed by atoms with Gasteiger partial charge in [0, 0.05) is 0 Å². The fourth-order valence-electron chi connectivity index (χ4n) is 1.76. The molecule has 0 aliphatic rings. The van der Waals surface area contributed by atoms with Gasteiger partial charge in [0.05, 0.1) is 21.2 Å². The van der Waals surface area contributed by atoms with Gasteiger partial charge in [0.1, 0.15) is 0 Å². The quantitative estimate of drug-likeness (QED) is 0.688. The molecule has 0 atom stereocenters. The summed E-state index contributed by atoms with van der Waals surface area (Å²) in [6, 6.07) is 10.3. The van der Waals surface area contributed by atoms with Gasteiger partial charge in [-0.25, -0.2) is 13.8 Å². The Bertz CT molecular complexity index is 722. The Kier molecular flexibility index (Phi) is 2.94. The van der Waals surface area contributed by atoms with Gasteiger partial charge >= 0.3 is 0 Å². The molecular weight excluding hydrogens is 316 g/mol. The number of hydrogen-bond acceptors (Lipinski definition) is 2. The Labute approximate surface area is 115 Å². The fourth-order valence-corrected chi connectivity index (χ4v) is 2.07. The highest BCUT2D eigenvalue weighted by atomic mass is 79.9. The van der Waals surface area contributed by atoms with Crippen LogP contribution in [0.2, 0.25) is 0 Å². The lowest BCUT2D eigenvalue weighted by Gasteiger charge is -2.05. The summed E-state index contributed by atoms with van der Waals surface area (Å²) in [5.41, 5.74) is 1.60. The number of anilines is 2. The first kappa shape index (κ1) is 12.1. The molecule has 0 spiro atoms. The third kappa shape index (κ3) is 2.19. The summed E-state index contributed by atoms with van der Waals surface area (Å²) in [5, 5.41) is 2.73. The molecule has 1 heterocycles. The molecule has 0 radical (unpaired) electrons. The molecule has 0 aliphatic carbocycles. The minimum Gasteiger partial charge on any atom is -0.324 e. The molecule has 6 heteroatoms. The van der Waals surface area contributed by atoms with Gasteiger partial charge in [-0.05, 0) is 40.2 Å². The van der Waals surface area contributed by atoms with Gasteiger partial charge in [0.15, 0.2) is 11.6 Å². The number of para-hydroxylation sites is 2. The third-order valence-corrected chi connectivity index (χ3v) is 3.29. The minimum absolute atomic E-state index is 0.0276. The Morgan fingerprint density at radius 2 is 1.84 bits per heavy atom. The average Bonchev–Trinajstić information content (AvgIpc) is 2.82. The summed E-state index contributed by atoms with van der Waals surface area (Å²) in [5.74, 6) is -1.52. The van der Waals surface area contributed by atoms with Crippen LogP contribution in [-0.4, -0.2) is 9.97 Å². The van der Waals surface area contributed by atoms with Crippen LogP contribution in [0.25, 0.3) is 11.0 Å². The van der Waals surface area contributed by atoms with E-state index in [1.54, 1.807) is 0 Å².